The number of halogens is 1. The van der Waals surface area contributed by atoms with Crippen LogP contribution in [0.5, 0.6) is 11.5 Å². The Morgan fingerprint density at radius 2 is 1.71 bits per heavy atom. The van der Waals surface area contributed by atoms with Gasteiger partial charge < -0.3 is 19.3 Å². The van der Waals surface area contributed by atoms with Crippen LogP contribution in [0.15, 0.2) is 42.5 Å². The normalized spacial score (nSPS) is 14.7. The molecule has 3 heterocycles. The first-order valence-corrected chi connectivity index (χ1v) is 14.1. The van der Waals surface area contributed by atoms with Gasteiger partial charge in [-0.15, -0.1) is 0 Å². The number of aryl methyl sites for hydroxylation is 1. The van der Waals surface area contributed by atoms with E-state index in [2.05, 4.69) is 18.7 Å². The Morgan fingerprint density at radius 3 is 2.37 bits per heavy atom. The number of anilines is 1. The Kier molecular flexibility index (Phi) is 8.37. The summed E-state index contributed by atoms with van der Waals surface area (Å²) in [6.45, 7) is 8.76. The van der Waals surface area contributed by atoms with E-state index in [9.17, 15) is 9.18 Å². The molecule has 0 aliphatic carbocycles. The van der Waals surface area contributed by atoms with Crippen LogP contribution < -0.4 is 14.4 Å². The predicted octanol–water partition coefficient (Wildman–Crippen LogP) is 5.54. The van der Waals surface area contributed by atoms with Crippen LogP contribution in [0.3, 0.4) is 0 Å². The fourth-order valence-corrected chi connectivity index (χ4v) is 5.40. The van der Waals surface area contributed by atoms with Gasteiger partial charge in [0.1, 0.15) is 29.0 Å². The predicted molar refractivity (Wildman–Crippen MR) is 157 cm³/mol. The minimum atomic E-state index is -0.300. The van der Waals surface area contributed by atoms with Crippen LogP contribution in [-0.4, -0.2) is 71.0 Å². The van der Waals surface area contributed by atoms with Gasteiger partial charge in [-0.1, -0.05) is 20.3 Å². The zero-order chi connectivity index (χ0) is 29.1. The standard InChI is InChI=1S/C31H37FN6O3/c1-6-8-20(2)28-33-29(27-21(3)35-38(30(27)34-28)24-11-9-23(32)10-12-24)36-13-7-14-37(16-15-36)31(39)22-17-25(40-4)19-26(18-22)41-5/h9-12,17-20H,6-8,13-16H2,1-5H3/t20-/m1/s1. The Morgan fingerprint density at radius 1 is 1.00 bits per heavy atom. The van der Waals surface area contributed by atoms with Gasteiger partial charge in [0, 0.05) is 43.7 Å². The van der Waals surface area contributed by atoms with Gasteiger partial charge in [0.05, 0.1) is 31.0 Å². The van der Waals surface area contributed by atoms with Crippen molar-refractivity contribution in [2.45, 2.75) is 46.0 Å². The average molecular weight is 561 g/mol. The molecule has 10 heteroatoms. The summed E-state index contributed by atoms with van der Waals surface area (Å²) in [5.41, 5.74) is 2.78. The van der Waals surface area contributed by atoms with Gasteiger partial charge in [0.25, 0.3) is 5.91 Å². The maximum Gasteiger partial charge on any atom is 0.254 e. The molecule has 1 amide bonds. The summed E-state index contributed by atoms with van der Waals surface area (Å²) in [5, 5.41) is 5.68. The molecule has 5 rings (SSSR count). The molecule has 1 fully saturated rings. The van der Waals surface area contributed by atoms with E-state index in [-0.39, 0.29) is 17.6 Å². The Bertz CT molecular complexity index is 1520. The fourth-order valence-electron chi connectivity index (χ4n) is 5.40. The highest BCUT2D eigenvalue weighted by atomic mass is 19.1. The third-order valence-corrected chi connectivity index (χ3v) is 7.62. The van der Waals surface area contributed by atoms with Crippen molar-refractivity contribution < 1.29 is 18.7 Å². The molecule has 1 saturated heterocycles. The number of benzene rings is 2. The summed E-state index contributed by atoms with van der Waals surface area (Å²) in [6, 6.07) is 11.5. The first kappa shape index (κ1) is 28.3. The van der Waals surface area contributed by atoms with Crippen LogP contribution in [0.1, 0.15) is 60.9 Å². The highest BCUT2D eigenvalue weighted by molar-refractivity contribution is 5.95. The molecule has 0 spiro atoms. The second-order valence-electron chi connectivity index (χ2n) is 10.5. The number of hydrogen-bond acceptors (Lipinski definition) is 7. The number of carbonyl (C=O) groups is 1. The quantitative estimate of drug-likeness (QED) is 0.280. The van der Waals surface area contributed by atoms with E-state index in [1.165, 1.54) is 12.1 Å². The van der Waals surface area contributed by atoms with Crippen LogP contribution in [0.25, 0.3) is 16.7 Å². The third kappa shape index (κ3) is 5.82. The van der Waals surface area contributed by atoms with Crippen molar-refractivity contribution >= 4 is 22.8 Å². The van der Waals surface area contributed by atoms with Gasteiger partial charge in [0.15, 0.2) is 5.65 Å². The summed E-state index contributed by atoms with van der Waals surface area (Å²) >= 11 is 0. The van der Waals surface area contributed by atoms with Crippen molar-refractivity contribution in [2.75, 3.05) is 45.3 Å². The molecule has 4 aromatic rings. The highest BCUT2D eigenvalue weighted by Crippen LogP contribution is 2.32. The Hall–Kier alpha value is -4.21. The lowest BCUT2D eigenvalue weighted by Crippen LogP contribution is -2.35. The molecule has 1 aliphatic heterocycles. The number of ether oxygens (including phenoxy) is 2. The first-order valence-electron chi connectivity index (χ1n) is 14.1. The van der Waals surface area contributed by atoms with Crippen LogP contribution in [0, 0.1) is 12.7 Å². The SMILES string of the molecule is CCC[C@@H](C)c1nc(N2CCCN(C(=O)c3cc(OC)cc(OC)c3)CC2)c2c(C)nn(-c3ccc(F)cc3)c2n1. The van der Waals surface area contributed by atoms with Gasteiger partial charge in [-0.2, -0.15) is 5.10 Å². The van der Waals surface area contributed by atoms with Crippen molar-refractivity contribution in [3.8, 4) is 17.2 Å². The molecule has 216 valence electrons. The van der Waals surface area contributed by atoms with Gasteiger partial charge >= 0.3 is 0 Å². The molecule has 1 aliphatic rings. The van der Waals surface area contributed by atoms with Crippen molar-refractivity contribution in [1.29, 1.82) is 0 Å². The molecule has 0 bridgehead atoms. The summed E-state index contributed by atoms with van der Waals surface area (Å²) in [4.78, 5) is 27.7. The van der Waals surface area contributed by atoms with Crippen molar-refractivity contribution in [3.63, 3.8) is 0 Å². The average Bonchev–Trinajstić information content (AvgIpc) is 3.15. The highest BCUT2D eigenvalue weighted by Gasteiger charge is 2.27. The number of nitrogens with zero attached hydrogens (tertiary/aromatic N) is 6. The number of methoxy groups -OCH3 is 2. The topological polar surface area (TPSA) is 85.6 Å². The first-order chi connectivity index (χ1) is 19.8. The summed E-state index contributed by atoms with van der Waals surface area (Å²) in [7, 11) is 3.15. The summed E-state index contributed by atoms with van der Waals surface area (Å²) in [5.74, 6) is 2.55. The lowest BCUT2D eigenvalue weighted by molar-refractivity contribution is 0.0766. The number of rotatable bonds is 8. The molecule has 2 aromatic carbocycles. The van der Waals surface area contributed by atoms with E-state index in [0.29, 0.717) is 42.3 Å². The van der Waals surface area contributed by atoms with E-state index < -0.39 is 0 Å². The van der Waals surface area contributed by atoms with Gasteiger partial charge in [-0.25, -0.2) is 19.0 Å². The summed E-state index contributed by atoms with van der Waals surface area (Å²) in [6.07, 6.45) is 2.76. The molecule has 0 N–H and O–H groups in total. The molecule has 0 unspecified atom stereocenters. The number of amides is 1. The molecule has 41 heavy (non-hydrogen) atoms. The molecule has 0 radical (unpaired) electrons. The van der Waals surface area contributed by atoms with Crippen LogP contribution in [0.4, 0.5) is 10.2 Å². The summed E-state index contributed by atoms with van der Waals surface area (Å²) < 4.78 is 26.2. The minimum absolute atomic E-state index is 0.0607. The molecular formula is C31H37FN6O3. The van der Waals surface area contributed by atoms with Crippen molar-refractivity contribution in [1.82, 2.24) is 24.6 Å². The van der Waals surface area contributed by atoms with Crippen LogP contribution >= 0.6 is 0 Å². The molecule has 1 atom stereocenters. The Labute approximate surface area is 239 Å². The smallest absolute Gasteiger partial charge is 0.254 e. The van der Waals surface area contributed by atoms with Crippen molar-refractivity contribution in [3.05, 3.63) is 65.4 Å². The number of carbonyl (C=O) groups excluding carboxylic acids is 1. The number of hydrogen-bond donors (Lipinski definition) is 0. The monoisotopic (exact) mass is 560 g/mol. The van der Waals surface area contributed by atoms with E-state index in [1.54, 1.807) is 49.2 Å². The van der Waals surface area contributed by atoms with Crippen molar-refractivity contribution in [2.24, 2.45) is 0 Å². The molecule has 0 saturated carbocycles. The van der Waals surface area contributed by atoms with E-state index in [0.717, 1.165) is 54.2 Å². The second-order valence-corrected chi connectivity index (χ2v) is 10.5. The van der Waals surface area contributed by atoms with Gasteiger partial charge in [0.2, 0.25) is 0 Å². The van der Waals surface area contributed by atoms with E-state index in [4.69, 9.17) is 24.5 Å². The largest absolute Gasteiger partial charge is 0.497 e. The molecule has 2 aromatic heterocycles. The Balaban J connectivity index is 1.50. The third-order valence-electron chi connectivity index (χ3n) is 7.62. The molecular weight excluding hydrogens is 523 g/mol. The second kappa shape index (κ2) is 12.1. The van der Waals surface area contributed by atoms with E-state index >= 15 is 0 Å². The maximum absolute atomic E-state index is 13.7. The fraction of sp³-hybridized carbons (Fsp3) is 0.419. The minimum Gasteiger partial charge on any atom is -0.497 e. The maximum atomic E-state index is 13.7. The van der Waals surface area contributed by atoms with Gasteiger partial charge in [-0.05, 0) is 56.2 Å². The lowest BCUT2D eigenvalue weighted by Gasteiger charge is -2.25. The van der Waals surface area contributed by atoms with Crippen LogP contribution in [0.2, 0.25) is 0 Å². The zero-order valence-electron chi connectivity index (χ0n) is 24.4. The number of aromatic nitrogens is 4. The van der Waals surface area contributed by atoms with Crippen LogP contribution in [-0.2, 0) is 0 Å². The lowest BCUT2D eigenvalue weighted by atomic mass is 10.1. The number of fused-ring (bicyclic) bond motifs is 1. The molecule has 9 nitrogen and oxygen atoms in total. The zero-order valence-corrected chi connectivity index (χ0v) is 24.4. The van der Waals surface area contributed by atoms with E-state index in [1.807, 2.05) is 11.8 Å². The van der Waals surface area contributed by atoms with Gasteiger partial charge in [-0.3, -0.25) is 4.79 Å².